The molecule has 1 fully saturated rings. The molecule has 5 heteroatoms. The number of anilines is 1. The first kappa shape index (κ1) is 12.8. The Labute approximate surface area is 105 Å². The first-order valence-electron chi connectivity index (χ1n) is 6.24. The quantitative estimate of drug-likeness (QED) is 0.620. The second kappa shape index (κ2) is 4.92. The van der Waals surface area contributed by atoms with Gasteiger partial charge in [0.2, 0.25) is 0 Å². The van der Waals surface area contributed by atoms with Crippen molar-refractivity contribution in [2.45, 2.75) is 32.6 Å². The number of nitro benzene ring substituents is 1. The van der Waals surface area contributed by atoms with Gasteiger partial charge in [-0.25, -0.2) is 4.39 Å². The van der Waals surface area contributed by atoms with Crippen molar-refractivity contribution in [3.8, 4) is 0 Å². The number of halogens is 1. The fraction of sp³-hybridized carbons (Fsp3) is 0.538. The first-order chi connectivity index (χ1) is 8.56. The molecule has 0 radical (unpaired) electrons. The topological polar surface area (TPSA) is 55.2 Å². The lowest BCUT2D eigenvalue weighted by molar-refractivity contribution is -0.385. The Morgan fingerprint density at radius 3 is 2.72 bits per heavy atom. The van der Waals surface area contributed by atoms with Gasteiger partial charge in [-0.15, -0.1) is 0 Å². The summed E-state index contributed by atoms with van der Waals surface area (Å²) >= 11 is 0. The zero-order valence-corrected chi connectivity index (χ0v) is 10.4. The third-order valence-corrected chi connectivity index (χ3v) is 3.55. The lowest BCUT2D eigenvalue weighted by atomic mass is 10.0. The maximum atomic E-state index is 13.6. The van der Waals surface area contributed by atoms with E-state index in [1.807, 2.05) is 0 Å². The van der Waals surface area contributed by atoms with Crippen LogP contribution in [0.3, 0.4) is 0 Å². The van der Waals surface area contributed by atoms with Gasteiger partial charge in [-0.3, -0.25) is 10.1 Å². The summed E-state index contributed by atoms with van der Waals surface area (Å²) in [5.41, 5.74) is 0.457. The van der Waals surface area contributed by atoms with Crippen LogP contribution in [-0.4, -0.2) is 11.5 Å². The number of nitrogens with zero attached hydrogens (tertiary/aromatic N) is 1. The normalized spacial score (nSPS) is 16.3. The van der Waals surface area contributed by atoms with Crippen LogP contribution in [0.2, 0.25) is 0 Å². The van der Waals surface area contributed by atoms with Crippen LogP contribution >= 0.6 is 0 Å². The van der Waals surface area contributed by atoms with E-state index in [0.29, 0.717) is 11.1 Å². The molecule has 1 saturated carbocycles. The van der Waals surface area contributed by atoms with E-state index < -0.39 is 10.7 Å². The van der Waals surface area contributed by atoms with Gasteiger partial charge in [0.15, 0.2) is 5.82 Å². The van der Waals surface area contributed by atoms with E-state index in [1.165, 1.54) is 25.0 Å². The largest absolute Gasteiger partial charge is 0.382 e. The van der Waals surface area contributed by atoms with Gasteiger partial charge in [0.05, 0.1) is 16.7 Å². The lowest BCUT2D eigenvalue weighted by Crippen LogP contribution is -2.15. The highest BCUT2D eigenvalue weighted by atomic mass is 19.1. The van der Waals surface area contributed by atoms with Gasteiger partial charge in [-0.05, 0) is 30.7 Å². The molecule has 0 heterocycles. The number of non-ortho nitro benzene ring substituents is 1. The molecule has 0 bridgehead atoms. The average Bonchev–Trinajstić information content (AvgIpc) is 3.08. The number of benzene rings is 1. The minimum atomic E-state index is -0.591. The number of hydrogen-bond acceptors (Lipinski definition) is 3. The highest BCUT2D eigenvalue weighted by Gasteiger charge is 2.41. The van der Waals surface area contributed by atoms with Gasteiger partial charge in [-0.1, -0.05) is 13.3 Å². The van der Waals surface area contributed by atoms with Crippen molar-refractivity contribution in [1.29, 1.82) is 0 Å². The smallest absolute Gasteiger partial charge is 0.272 e. The molecule has 0 aliphatic heterocycles. The molecule has 1 aromatic carbocycles. The number of hydrogen-bond donors (Lipinski definition) is 1. The maximum absolute atomic E-state index is 13.6. The van der Waals surface area contributed by atoms with E-state index in [1.54, 1.807) is 0 Å². The van der Waals surface area contributed by atoms with Crippen LogP contribution in [0.15, 0.2) is 18.2 Å². The third kappa shape index (κ3) is 2.78. The molecule has 0 aromatic heterocycles. The van der Waals surface area contributed by atoms with Crippen molar-refractivity contribution in [1.82, 2.24) is 0 Å². The van der Waals surface area contributed by atoms with E-state index in [2.05, 4.69) is 12.2 Å². The van der Waals surface area contributed by atoms with Gasteiger partial charge in [0.25, 0.3) is 5.69 Å². The molecular weight excluding hydrogens is 235 g/mol. The van der Waals surface area contributed by atoms with Gasteiger partial charge in [0.1, 0.15) is 0 Å². The third-order valence-electron chi connectivity index (χ3n) is 3.55. The van der Waals surface area contributed by atoms with Crippen molar-refractivity contribution >= 4 is 11.4 Å². The monoisotopic (exact) mass is 252 g/mol. The molecule has 0 saturated heterocycles. The van der Waals surface area contributed by atoms with Crippen LogP contribution in [0.1, 0.15) is 32.6 Å². The van der Waals surface area contributed by atoms with Crippen LogP contribution in [0, 0.1) is 21.3 Å². The van der Waals surface area contributed by atoms with Crippen LogP contribution in [0.25, 0.3) is 0 Å². The summed E-state index contributed by atoms with van der Waals surface area (Å²) in [6, 6.07) is 3.72. The Morgan fingerprint density at radius 1 is 1.50 bits per heavy atom. The zero-order valence-electron chi connectivity index (χ0n) is 10.4. The molecule has 4 nitrogen and oxygen atoms in total. The SMILES string of the molecule is CCCC1(CNc2ccc([N+](=O)[O-])cc2F)CC1. The molecule has 1 aromatic rings. The van der Waals surface area contributed by atoms with Gasteiger partial charge in [-0.2, -0.15) is 0 Å². The highest BCUT2D eigenvalue weighted by molar-refractivity contribution is 5.50. The molecule has 1 aliphatic carbocycles. The molecule has 98 valence electrons. The van der Waals surface area contributed by atoms with Crippen molar-refractivity contribution < 1.29 is 9.31 Å². The summed E-state index contributed by atoms with van der Waals surface area (Å²) in [7, 11) is 0. The van der Waals surface area contributed by atoms with Gasteiger partial charge < -0.3 is 5.32 Å². The Kier molecular flexibility index (Phi) is 3.50. The predicted octanol–water partition coefficient (Wildman–Crippen LogP) is 3.73. The number of nitro groups is 1. The molecular formula is C13H17FN2O2. The van der Waals surface area contributed by atoms with E-state index in [-0.39, 0.29) is 5.69 Å². The Morgan fingerprint density at radius 2 is 2.22 bits per heavy atom. The summed E-state index contributed by atoms with van der Waals surface area (Å²) in [6.07, 6.45) is 4.64. The maximum Gasteiger partial charge on any atom is 0.272 e. The van der Waals surface area contributed by atoms with E-state index in [0.717, 1.165) is 25.5 Å². The molecule has 0 amide bonds. The standard InChI is InChI=1S/C13H17FN2O2/c1-2-5-13(6-7-13)9-15-12-4-3-10(16(17)18)8-11(12)14/h3-4,8,15H,2,5-7,9H2,1H3. The van der Waals surface area contributed by atoms with Crippen LogP contribution in [-0.2, 0) is 0 Å². The van der Waals surface area contributed by atoms with E-state index in [9.17, 15) is 14.5 Å². The number of nitrogens with one attached hydrogen (secondary N) is 1. The molecule has 0 unspecified atom stereocenters. The zero-order chi connectivity index (χ0) is 13.2. The Balaban J connectivity index is 2.00. The van der Waals surface area contributed by atoms with E-state index in [4.69, 9.17) is 0 Å². The molecule has 0 spiro atoms. The van der Waals surface area contributed by atoms with Crippen molar-refractivity contribution in [3.63, 3.8) is 0 Å². The van der Waals surface area contributed by atoms with Crippen LogP contribution in [0.4, 0.5) is 15.8 Å². The molecule has 2 rings (SSSR count). The molecule has 0 atom stereocenters. The number of rotatable bonds is 6. The summed E-state index contributed by atoms with van der Waals surface area (Å²) in [5.74, 6) is -0.559. The van der Waals surface area contributed by atoms with Crippen molar-refractivity contribution in [3.05, 3.63) is 34.1 Å². The lowest BCUT2D eigenvalue weighted by Gasteiger charge is -2.16. The summed E-state index contributed by atoms with van der Waals surface area (Å²) in [5, 5.41) is 13.6. The Hall–Kier alpha value is -1.65. The second-order valence-corrected chi connectivity index (χ2v) is 5.02. The minimum absolute atomic E-state index is 0.215. The summed E-state index contributed by atoms with van der Waals surface area (Å²) < 4.78 is 13.6. The highest BCUT2D eigenvalue weighted by Crippen LogP contribution is 2.49. The summed E-state index contributed by atoms with van der Waals surface area (Å²) in [6.45, 7) is 2.89. The Bertz CT molecular complexity index is 458. The van der Waals surface area contributed by atoms with Gasteiger partial charge >= 0.3 is 0 Å². The van der Waals surface area contributed by atoms with Crippen molar-refractivity contribution in [2.75, 3.05) is 11.9 Å². The summed E-state index contributed by atoms with van der Waals surface area (Å²) in [4.78, 5) is 9.90. The van der Waals surface area contributed by atoms with Crippen LogP contribution in [0.5, 0.6) is 0 Å². The second-order valence-electron chi connectivity index (χ2n) is 5.02. The fourth-order valence-electron chi connectivity index (χ4n) is 2.27. The fourth-order valence-corrected chi connectivity index (χ4v) is 2.27. The molecule has 1 N–H and O–H groups in total. The molecule has 1 aliphatic rings. The van der Waals surface area contributed by atoms with Crippen LogP contribution < -0.4 is 5.32 Å². The minimum Gasteiger partial charge on any atom is -0.382 e. The van der Waals surface area contributed by atoms with E-state index >= 15 is 0 Å². The van der Waals surface area contributed by atoms with Gasteiger partial charge in [0, 0.05) is 12.6 Å². The first-order valence-corrected chi connectivity index (χ1v) is 6.24. The average molecular weight is 252 g/mol. The van der Waals surface area contributed by atoms with Crippen molar-refractivity contribution in [2.24, 2.45) is 5.41 Å². The molecule has 18 heavy (non-hydrogen) atoms. The predicted molar refractivity (Wildman–Crippen MR) is 68.1 cm³/mol.